The Hall–Kier alpha value is -1.31. The molecule has 0 bridgehead atoms. The fraction of sp³-hybridized carbons (Fsp3) is 0.741. The lowest BCUT2D eigenvalue weighted by Gasteiger charge is -2.29. The van der Waals surface area contributed by atoms with Gasteiger partial charge in [0.2, 0.25) is 0 Å². The highest BCUT2D eigenvalue weighted by Crippen LogP contribution is 2.37. The van der Waals surface area contributed by atoms with Gasteiger partial charge in [0.05, 0.1) is 0 Å². The van der Waals surface area contributed by atoms with E-state index in [9.17, 15) is 4.79 Å². The Morgan fingerprint density at radius 1 is 0.966 bits per heavy atom. The topological polar surface area (TPSA) is 37.3 Å². The first-order valence-corrected chi connectivity index (χ1v) is 12.4. The van der Waals surface area contributed by atoms with Gasteiger partial charge in [0.25, 0.3) is 0 Å². The van der Waals surface area contributed by atoms with Crippen LogP contribution < -0.4 is 0 Å². The molecule has 1 unspecified atom stereocenters. The van der Waals surface area contributed by atoms with Gasteiger partial charge >= 0.3 is 5.97 Å². The normalized spacial score (nSPS) is 18.6. The maximum absolute atomic E-state index is 10.7. The number of rotatable bonds is 19. The third-order valence-corrected chi connectivity index (χ3v) is 6.40. The van der Waals surface area contributed by atoms with E-state index in [-0.39, 0.29) is 11.8 Å². The monoisotopic (exact) mass is 402 g/mol. The number of unbranched alkanes of at least 4 members (excludes halogenated alkanes) is 13. The minimum absolute atomic E-state index is 0.0872. The predicted molar refractivity (Wildman–Crippen MR) is 126 cm³/mol. The highest BCUT2D eigenvalue weighted by molar-refractivity contribution is 5.67. The molecule has 1 aliphatic carbocycles. The lowest BCUT2D eigenvalue weighted by atomic mass is 9.75. The van der Waals surface area contributed by atoms with Gasteiger partial charge in [0, 0.05) is 11.8 Å². The van der Waals surface area contributed by atoms with Crippen LogP contribution in [0.3, 0.4) is 0 Å². The Balaban J connectivity index is 1.99. The SMILES string of the molecule is C=CC1(CCCCCCCCCCCCCCCC)C=CC(CCC(=O)O)=CC1. The zero-order valence-corrected chi connectivity index (χ0v) is 19.1. The molecule has 1 aliphatic rings. The summed E-state index contributed by atoms with van der Waals surface area (Å²) in [6, 6.07) is 0. The van der Waals surface area contributed by atoms with Crippen molar-refractivity contribution in [3.63, 3.8) is 0 Å². The Bertz CT molecular complexity index is 503. The lowest BCUT2D eigenvalue weighted by molar-refractivity contribution is -0.136. The first-order chi connectivity index (χ1) is 14.1. The van der Waals surface area contributed by atoms with E-state index in [0.29, 0.717) is 6.42 Å². The minimum atomic E-state index is -0.720. The molecule has 0 amide bonds. The average Bonchev–Trinajstić information content (AvgIpc) is 2.73. The largest absolute Gasteiger partial charge is 0.481 e. The summed E-state index contributed by atoms with van der Waals surface area (Å²) in [5.41, 5.74) is 1.25. The molecule has 0 saturated carbocycles. The summed E-state index contributed by atoms with van der Waals surface area (Å²) in [5.74, 6) is -0.720. The van der Waals surface area contributed by atoms with Gasteiger partial charge in [-0.1, -0.05) is 127 Å². The van der Waals surface area contributed by atoms with Crippen LogP contribution in [0.25, 0.3) is 0 Å². The van der Waals surface area contributed by atoms with E-state index in [0.717, 1.165) is 18.4 Å². The summed E-state index contributed by atoms with van der Waals surface area (Å²) >= 11 is 0. The van der Waals surface area contributed by atoms with E-state index in [2.05, 4.69) is 37.8 Å². The van der Waals surface area contributed by atoms with Crippen LogP contribution in [0.1, 0.15) is 122 Å². The zero-order chi connectivity index (χ0) is 21.2. The Kier molecular flexibility index (Phi) is 14.6. The van der Waals surface area contributed by atoms with Crippen molar-refractivity contribution in [2.75, 3.05) is 0 Å². The molecule has 0 spiro atoms. The highest BCUT2D eigenvalue weighted by atomic mass is 16.4. The zero-order valence-electron chi connectivity index (χ0n) is 19.1. The molecule has 2 nitrogen and oxygen atoms in total. The number of hydrogen-bond donors (Lipinski definition) is 1. The van der Waals surface area contributed by atoms with Crippen molar-refractivity contribution in [1.29, 1.82) is 0 Å². The summed E-state index contributed by atoms with van der Waals surface area (Å²) in [6.07, 6.45) is 31.2. The van der Waals surface area contributed by atoms with Gasteiger partial charge < -0.3 is 5.11 Å². The van der Waals surface area contributed by atoms with Crippen LogP contribution in [-0.2, 0) is 4.79 Å². The molecule has 29 heavy (non-hydrogen) atoms. The smallest absolute Gasteiger partial charge is 0.303 e. The van der Waals surface area contributed by atoms with Gasteiger partial charge in [-0.2, -0.15) is 0 Å². The average molecular weight is 403 g/mol. The number of allylic oxidation sites excluding steroid dienone is 5. The van der Waals surface area contributed by atoms with Crippen molar-refractivity contribution in [2.45, 2.75) is 122 Å². The molecule has 0 aromatic rings. The summed E-state index contributed by atoms with van der Waals surface area (Å²) < 4.78 is 0. The van der Waals surface area contributed by atoms with E-state index in [1.807, 2.05) is 0 Å². The first kappa shape index (κ1) is 25.7. The summed E-state index contributed by atoms with van der Waals surface area (Å²) in [5, 5.41) is 8.82. The van der Waals surface area contributed by atoms with Crippen molar-refractivity contribution in [3.05, 3.63) is 36.5 Å². The van der Waals surface area contributed by atoms with Crippen molar-refractivity contribution in [2.24, 2.45) is 5.41 Å². The highest BCUT2D eigenvalue weighted by Gasteiger charge is 2.24. The Labute approximate surface area is 180 Å². The predicted octanol–water partition coefficient (Wildman–Crippen LogP) is 8.78. The third-order valence-electron chi connectivity index (χ3n) is 6.40. The van der Waals surface area contributed by atoms with Gasteiger partial charge in [-0.3, -0.25) is 4.79 Å². The number of carboxylic acids is 1. The number of aliphatic carboxylic acids is 1. The van der Waals surface area contributed by atoms with Gasteiger partial charge in [0.1, 0.15) is 0 Å². The maximum Gasteiger partial charge on any atom is 0.303 e. The molecule has 1 N–H and O–H groups in total. The molecule has 1 rings (SSSR count). The standard InChI is InChI=1S/C27H46O2/c1-3-5-6-7-8-9-10-11-12-13-14-15-16-17-22-27(4-2)23-20-25(21-24-27)18-19-26(28)29/h4,20-21,23H,2-3,5-19,22,24H2,1H3,(H,28,29). The van der Waals surface area contributed by atoms with E-state index >= 15 is 0 Å². The second-order valence-electron chi connectivity index (χ2n) is 8.99. The summed E-state index contributed by atoms with van der Waals surface area (Å²) in [4.78, 5) is 10.7. The molecule has 1 atom stereocenters. The van der Waals surface area contributed by atoms with Gasteiger partial charge in [-0.25, -0.2) is 0 Å². The Morgan fingerprint density at radius 2 is 1.48 bits per heavy atom. The molecule has 0 fully saturated rings. The second-order valence-corrected chi connectivity index (χ2v) is 8.99. The molecule has 0 saturated heterocycles. The molecule has 0 aliphatic heterocycles. The van der Waals surface area contributed by atoms with Crippen molar-refractivity contribution < 1.29 is 9.90 Å². The van der Waals surface area contributed by atoms with Crippen molar-refractivity contribution in [1.82, 2.24) is 0 Å². The van der Waals surface area contributed by atoms with Crippen molar-refractivity contribution in [3.8, 4) is 0 Å². The fourth-order valence-electron chi connectivity index (χ4n) is 4.25. The van der Waals surface area contributed by atoms with Crippen LogP contribution in [0.5, 0.6) is 0 Å². The number of hydrogen-bond acceptors (Lipinski definition) is 1. The van der Waals surface area contributed by atoms with E-state index in [1.165, 1.54) is 89.9 Å². The third kappa shape index (κ3) is 12.8. The van der Waals surface area contributed by atoms with Crippen LogP contribution in [0.2, 0.25) is 0 Å². The molecular formula is C27H46O2. The van der Waals surface area contributed by atoms with Crippen LogP contribution >= 0.6 is 0 Å². The summed E-state index contributed by atoms with van der Waals surface area (Å²) in [6.45, 7) is 6.35. The Morgan fingerprint density at radius 3 is 1.90 bits per heavy atom. The quantitative estimate of drug-likeness (QED) is 0.173. The fourth-order valence-corrected chi connectivity index (χ4v) is 4.25. The number of carbonyl (C=O) groups is 1. The van der Waals surface area contributed by atoms with Crippen LogP contribution in [-0.4, -0.2) is 11.1 Å². The van der Waals surface area contributed by atoms with Gasteiger partial charge in [-0.05, 0) is 19.3 Å². The molecule has 2 heteroatoms. The molecule has 0 radical (unpaired) electrons. The number of carboxylic acid groups (broad SMARTS) is 1. The van der Waals surface area contributed by atoms with Crippen LogP contribution in [0.15, 0.2) is 36.5 Å². The van der Waals surface area contributed by atoms with Gasteiger partial charge in [-0.15, -0.1) is 6.58 Å². The first-order valence-electron chi connectivity index (χ1n) is 12.4. The summed E-state index contributed by atoms with van der Waals surface area (Å²) in [7, 11) is 0. The second kappa shape index (κ2) is 16.5. The molecule has 0 aromatic carbocycles. The molecule has 0 heterocycles. The maximum atomic E-state index is 10.7. The van der Waals surface area contributed by atoms with Crippen LogP contribution in [0.4, 0.5) is 0 Å². The lowest BCUT2D eigenvalue weighted by Crippen LogP contribution is -2.16. The van der Waals surface area contributed by atoms with E-state index in [1.54, 1.807) is 0 Å². The van der Waals surface area contributed by atoms with Crippen molar-refractivity contribution >= 4 is 5.97 Å². The molecular weight excluding hydrogens is 356 g/mol. The molecule has 0 aromatic heterocycles. The van der Waals surface area contributed by atoms with Gasteiger partial charge in [0.15, 0.2) is 0 Å². The van der Waals surface area contributed by atoms with E-state index < -0.39 is 5.97 Å². The molecule has 166 valence electrons. The van der Waals surface area contributed by atoms with Crippen LogP contribution in [0, 0.1) is 5.41 Å². The minimum Gasteiger partial charge on any atom is -0.481 e. The van der Waals surface area contributed by atoms with E-state index in [4.69, 9.17) is 5.11 Å².